The highest BCUT2D eigenvalue weighted by molar-refractivity contribution is 5.85. The number of pyridine rings is 1. The zero-order chi connectivity index (χ0) is 21.7. The lowest BCUT2D eigenvalue weighted by molar-refractivity contribution is 0.352. The number of halogens is 3. The largest absolute Gasteiger partial charge is 0.275 e. The summed E-state index contributed by atoms with van der Waals surface area (Å²) in [6.07, 6.45) is 3.23. The molecule has 0 aliphatic carbocycles. The molecule has 4 aromatic heterocycles. The van der Waals surface area contributed by atoms with Gasteiger partial charge in [-0.25, -0.2) is 13.2 Å². The minimum absolute atomic E-state index is 0.00331. The van der Waals surface area contributed by atoms with Crippen molar-refractivity contribution in [2.24, 2.45) is 7.05 Å². The summed E-state index contributed by atoms with van der Waals surface area (Å²) in [6, 6.07) is 5.89. The Morgan fingerprint density at radius 1 is 1.06 bits per heavy atom. The van der Waals surface area contributed by atoms with E-state index in [1.54, 1.807) is 36.3 Å². The van der Waals surface area contributed by atoms with Gasteiger partial charge in [-0.2, -0.15) is 14.7 Å². The summed E-state index contributed by atoms with van der Waals surface area (Å²) in [5, 5.41) is 16.0. The number of fused-ring (bicyclic) bond motifs is 2. The Morgan fingerprint density at radius 2 is 1.90 bits per heavy atom. The molecule has 0 amide bonds. The van der Waals surface area contributed by atoms with Crippen molar-refractivity contribution in [3.63, 3.8) is 0 Å². The van der Waals surface area contributed by atoms with Crippen LogP contribution in [0.3, 0.4) is 0 Å². The molecule has 0 radical (unpaired) electrons. The van der Waals surface area contributed by atoms with Gasteiger partial charge in [0.1, 0.15) is 11.6 Å². The van der Waals surface area contributed by atoms with E-state index >= 15 is 8.78 Å². The van der Waals surface area contributed by atoms with E-state index < -0.39 is 23.4 Å². The molecule has 0 spiro atoms. The third-order valence-corrected chi connectivity index (χ3v) is 5.13. The maximum atomic E-state index is 15.5. The standard InChI is InChI=1S/C21H16F3N7/c1-3-13-4-5-17-27-28-21(31(17)29-13)20(24)18-15(22)7-16-14(19(18)23)6-11(8-25-16)12-9-26-30(2)10-12/h4-10,20H,3H2,1-2H3. The first-order chi connectivity index (χ1) is 15.0. The summed E-state index contributed by atoms with van der Waals surface area (Å²) in [4.78, 5) is 4.14. The number of benzene rings is 1. The molecular weight excluding hydrogens is 407 g/mol. The molecule has 5 rings (SSSR count). The molecule has 10 heteroatoms. The third-order valence-electron chi connectivity index (χ3n) is 5.13. The average molecular weight is 423 g/mol. The van der Waals surface area contributed by atoms with Crippen LogP contribution in [0, 0.1) is 11.6 Å². The van der Waals surface area contributed by atoms with Gasteiger partial charge >= 0.3 is 0 Å². The zero-order valence-corrected chi connectivity index (χ0v) is 16.6. The second-order valence-corrected chi connectivity index (χ2v) is 7.15. The van der Waals surface area contributed by atoms with Gasteiger partial charge in [-0.3, -0.25) is 9.67 Å². The Balaban J connectivity index is 1.67. The predicted octanol–water partition coefficient (Wildman–Crippen LogP) is 3.97. The van der Waals surface area contributed by atoms with E-state index in [1.807, 2.05) is 6.92 Å². The molecule has 1 aromatic carbocycles. The zero-order valence-electron chi connectivity index (χ0n) is 16.6. The Bertz CT molecular complexity index is 1440. The molecule has 31 heavy (non-hydrogen) atoms. The van der Waals surface area contributed by atoms with Crippen molar-refractivity contribution in [1.82, 2.24) is 34.6 Å². The van der Waals surface area contributed by atoms with Gasteiger partial charge in [0.15, 0.2) is 17.6 Å². The quantitative estimate of drug-likeness (QED) is 0.437. The molecule has 0 aliphatic heterocycles. The lowest BCUT2D eigenvalue weighted by Crippen LogP contribution is -2.09. The van der Waals surface area contributed by atoms with E-state index in [-0.39, 0.29) is 22.4 Å². The average Bonchev–Trinajstić information content (AvgIpc) is 3.39. The summed E-state index contributed by atoms with van der Waals surface area (Å²) in [6.45, 7) is 1.89. The fourth-order valence-corrected chi connectivity index (χ4v) is 3.49. The van der Waals surface area contributed by atoms with Crippen LogP contribution in [0.15, 0.2) is 42.9 Å². The monoisotopic (exact) mass is 423 g/mol. The molecule has 0 N–H and O–H groups in total. The topological polar surface area (TPSA) is 73.8 Å². The van der Waals surface area contributed by atoms with Gasteiger partial charge in [-0.15, -0.1) is 10.2 Å². The molecule has 156 valence electrons. The Hall–Kier alpha value is -3.82. The molecule has 0 aliphatic rings. The van der Waals surface area contributed by atoms with Gasteiger partial charge in [0, 0.05) is 42.0 Å². The summed E-state index contributed by atoms with van der Waals surface area (Å²) in [5.74, 6) is -2.38. The molecule has 1 unspecified atom stereocenters. The summed E-state index contributed by atoms with van der Waals surface area (Å²) in [7, 11) is 1.75. The molecule has 0 saturated heterocycles. The van der Waals surface area contributed by atoms with Gasteiger partial charge in [0.2, 0.25) is 0 Å². The summed E-state index contributed by atoms with van der Waals surface area (Å²) in [5.41, 5.74) is 1.57. The Kier molecular flexibility index (Phi) is 4.42. The molecular formula is C21H16F3N7. The van der Waals surface area contributed by atoms with Crippen molar-refractivity contribution in [3.8, 4) is 11.1 Å². The summed E-state index contributed by atoms with van der Waals surface area (Å²) < 4.78 is 48.4. The lowest BCUT2D eigenvalue weighted by atomic mass is 10.0. The smallest absolute Gasteiger partial charge is 0.193 e. The van der Waals surface area contributed by atoms with E-state index in [9.17, 15) is 4.39 Å². The lowest BCUT2D eigenvalue weighted by Gasteiger charge is -2.12. The highest BCUT2D eigenvalue weighted by atomic mass is 19.2. The number of aromatic nitrogens is 7. The molecule has 0 bridgehead atoms. The van der Waals surface area contributed by atoms with Crippen LogP contribution >= 0.6 is 0 Å². The van der Waals surface area contributed by atoms with E-state index in [1.165, 1.54) is 16.8 Å². The SMILES string of the molecule is CCc1ccc2nnc(C(F)c3c(F)cc4ncc(-c5cnn(C)c5)cc4c3F)n2n1. The van der Waals surface area contributed by atoms with Gasteiger partial charge in [0.25, 0.3) is 0 Å². The first kappa shape index (κ1) is 19.2. The Labute approximate surface area is 174 Å². The van der Waals surface area contributed by atoms with Crippen LogP contribution in [-0.4, -0.2) is 34.6 Å². The second-order valence-electron chi connectivity index (χ2n) is 7.15. The molecule has 5 aromatic rings. The molecule has 0 saturated carbocycles. The highest BCUT2D eigenvalue weighted by Crippen LogP contribution is 2.34. The van der Waals surface area contributed by atoms with Crippen LogP contribution in [0.2, 0.25) is 0 Å². The number of hydrogen-bond donors (Lipinski definition) is 0. The Morgan fingerprint density at radius 3 is 2.65 bits per heavy atom. The van der Waals surface area contributed by atoms with Crippen LogP contribution in [0.4, 0.5) is 13.2 Å². The molecule has 4 heterocycles. The van der Waals surface area contributed by atoms with Crippen molar-refractivity contribution >= 4 is 16.6 Å². The van der Waals surface area contributed by atoms with E-state index in [0.717, 1.165) is 6.07 Å². The van der Waals surface area contributed by atoms with Crippen LogP contribution in [-0.2, 0) is 13.5 Å². The van der Waals surface area contributed by atoms with Gasteiger partial charge in [0.05, 0.1) is 23.0 Å². The van der Waals surface area contributed by atoms with Crippen LogP contribution < -0.4 is 0 Å². The second kappa shape index (κ2) is 7.15. The third kappa shape index (κ3) is 3.11. The van der Waals surface area contributed by atoms with Crippen molar-refractivity contribution in [2.45, 2.75) is 19.5 Å². The fraction of sp³-hybridized carbons (Fsp3) is 0.190. The first-order valence-electron chi connectivity index (χ1n) is 9.58. The number of hydrogen-bond acceptors (Lipinski definition) is 5. The number of rotatable bonds is 4. The maximum absolute atomic E-state index is 15.5. The van der Waals surface area contributed by atoms with Crippen molar-refractivity contribution < 1.29 is 13.2 Å². The van der Waals surface area contributed by atoms with E-state index in [0.29, 0.717) is 23.2 Å². The van der Waals surface area contributed by atoms with E-state index in [2.05, 4.69) is 25.4 Å². The van der Waals surface area contributed by atoms with E-state index in [4.69, 9.17) is 0 Å². The van der Waals surface area contributed by atoms with Crippen molar-refractivity contribution in [2.75, 3.05) is 0 Å². The predicted molar refractivity (Wildman–Crippen MR) is 107 cm³/mol. The normalized spacial score (nSPS) is 12.7. The van der Waals surface area contributed by atoms with Crippen molar-refractivity contribution in [3.05, 3.63) is 71.6 Å². The maximum Gasteiger partial charge on any atom is 0.193 e. The minimum atomic E-state index is -2.21. The fourth-order valence-electron chi connectivity index (χ4n) is 3.49. The number of alkyl halides is 1. The first-order valence-corrected chi connectivity index (χ1v) is 9.58. The minimum Gasteiger partial charge on any atom is -0.275 e. The molecule has 1 atom stereocenters. The number of nitrogens with zero attached hydrogens (tertiary/aromatic N) is 7. The van der Waals surface area contributed by atoms with Crippen LogP contribution in [0.1, 0.15) is 30.2 Å². The van der Waals surface area contributed by atoms with Gasteiger partial charge in [-0.05, 0) is 24.6 Å². The molecule has 7 nitrogen and oxygen atoms in total. The molecule has 0 fully saturated rings. The van der Waals surface area contributed by atoms with Crippen LogP contribution in [0.25, 0.3) is 27.7 Å². The van der Waals surface area contributed by atoms with Crippen molar-refractivity contribution in [1.29, 1.82) is 0 Å². The van der Waals surface area contributed by atoms with Gasteiger partial charge in [-0.1, -0.05) is 6.92 Å². The number of aryl methyl sites for hydroxylation is 2. The highest BCUT2D eigenvalue weighted by Gasteiger charge is 2.29. The van der Waals surface area contributed by atoms with Crippen LogP contribution in [0.5, 0.6) is 0 Å². The van der Waals surface area contributed by atoms with Gasteiger partial charge < -0.3 is 0 Å². The summed E-state index contributed by atoms with van der Waals surface area (Å²) >= 11 is 0.